The highest BCUT2D eigenvalue weighted by molar-refractivity contribution is 5.57. The van der Waals surface area contributed by atoms with E-state index in [1.165, 1.54) is 0 Å². The Hall–Kier alpha value is -1.99. The first-order chi connectivity index (χ1) is 10.7. The van der Waals surface area contributed by atoms with E-state index in [0.29, 0.717) is 23.1 Å². The lowest BCUT2D eigenvalue weighted by molar-refractivity contribution is 0.248. The number of benzene rings is 1. The minimum absolute atomic E-state index is 0.0157. The molecule has 0 bridgehead atoms. The minimum atomic E-state index is -0.0157. The van der Waals surface area contributed by atoms with E-state index in [1.54, 1.807) is 14.2 Å². The van der Waals surface area contributed by atoms with Gasteiger partial charge in [-0.15, -0.1) is 0 Å². The Bertz CT molecular complexity index is 647. The number of hydrogen-bond acceptors (Lipinski definition) is 4. The molecule has 0 N–H and O–H groups in total. The second-order valence-corrected chi connectivity index (χ2v) is 6.14. The summed E-state index contributed by atoms with van der Waals surface area (Å²) in [5.74, 6) is 1.16. The highest BCUT2D eigenvalue weighted by atomic mass is 16.5. The first-order valence-corrected chi connectivity index (χ1v) is 7.71. The zero-order valence-corrected chi connectivity index (χ0v) is 13.4. The van der Waals surface area contributed by atoms with Gasteiger partial charge in [-0.2, -0.15) is 5.26 Å². The van der Waals surface area contributed by atoms with E-state index >= 15 is 0 Å². The van der Waals surface area contributed by atoms with Crippen molar-refractivity contribution in [3.63, 3.8) is 0 Å². The largest absolute Gasteiger partial charge is 0.493 e. The number of methoxy groups -OCH3 is 2. The van der Waals surface area contributed by atoms with Crippen molar-refractivity contribution in [1.82, 2.24) is 4.90 Å². The molecule has 1 fully saturated rings. The Morgan fingerprint density at radius 3 is 2.82 bits per heavy atom. The van der Waals surface area contributed by atoms with E-state index in [0.717, 1.165) is 31.4 Å². The standard InChI is InChI=1S/C18H22N2O2/c1-20-9-8-18(7-5-4-6-16(18)20)14-10-13(12-19)17(22-3)15(11-14)21-2/h5,7,10-11,16H,4,6,8-9H2,1-3H3/t16?,18-/m0/s1. The molecule has 2 aliphatic rings. The molecule has 1 aromatic rings. The molecule has 1 heterocycles. The van der Waals surface area contributed by atoms with Gasteiger partial charge >= 0.3 is 0 Å². The summed E-state index contributed by atoms with van der Waals surface area (Å²) in [6.07, 6.45) is 7.97. The first-order valence-electron chi connectivity index (χ1n) is 7.71. The number of ether oxygens (including phenoxy) is 2. The lowest BCUT2D eigenvalue weighted by Gasteiger charge is -2.38. The summed E-state index contributed by atoms with van der Waals surface area (Å²) in [5.41, 5.74) is 1.68. The predicted molar refractivity (Wildman–Crippen MR) is 85.3 cm³/mol. The third-order valence-corrected chi connectivity index (χ3v) is 5.16. The topological polar surface area (TPSA) is 45.5 Å². The third kappa shape index (κ3) is 2.08. The van der Waals surface area contributed by atoms with Gasteiger partial charge in [0.25, 0.3) is 0 Å². The van der Waals surface area contributed by atoms with Gasteiger partial charge in [0.05, 0.1) is 19.8 Å². The molecule has 1 saturated heterocycles. The molecule has 1 aromatic carbocycles. The van der Waals surface area contributed by atoms with Crippen molar-refractivity contribution in [2.45, 2.75) is 30.7 Å². The number of nitriles is 1. The summed E-state index contributed by atoms with van der Waals surface area (Å²) < 4.78 is 10.8. The van der Waals surface area contributed by atoms with Crippen molar-refractivity contribution >= 4 is 0 Å². The summed E-state index contributed by atoms with van der Waals surface area (Å²) in [4.78, 5) is 2.44. The normalized spacial score (nSPS) is 27.3. The molecule has 0 aromatic heterocycles. The second-order valence-electron chi connectivity index (χ2n) is 6.14. The van der Waals surface area contributed by atoms with Gasteiger partial charge in [0, 0.05) is 11.5 Å². The number of rotatable bonds is 3. The van der Waals surface area contributed by atoms with E-state index in [4.69, 9.17) is 9.47 Å². The van der Waals surface area contributed by atoms with Crippen LogP contribution in [0.5, 0.6) is 11.5 Å². The number of likely N-dealkylation sites (N-methyl/N-ethyl adjacent to an activating group) is 1. The molecule has 22 heavy (non-hydrogen) atoms. The van der Waals surface area contributed by atoms with Crippen LogP contribution in [-0.4, -0.2) is 38.8 Å². The van der Waals surface area contributed by atoms with Crippen LogP contribution in [0.2, 0.25) is 0 Å². The maximum Gasteiger partial charge on any atom is 0.178 e. The summed E-state index contributed by atoms with van der Waals surface area (Å²) in [5, 5.41) is 9.47. The van der Waals surface area contributed by atoms with E-state index in [-0.39, 0.29) is 5.41 Å². The fraction of sp³-hybridized carbons (Fsp3) is 0.500. The number of allylic oxidation sites excluding steroid dienone is 1. The van der Waals surface area contributed by atoms with Crippen LogP contribution >= 0.6 is 0 Å². The van der Waals surface area contributed by atoms with Crippen molar-refractivity contribution in [3.8, 4) is 17.6 Å². The van der Waals surface area contributed by atoms with Crippen LogP contribution in [0.4, 0.5) is 0 Å². The molecule has 0 spiro atoms. The summed E-state index contributed by atoms with van der Waals surface area (Å²) in [6.45, 7) is 1.07. The van der Waals surface area contributed by atoms with Gasteiger partial charge in [-0.05, 0) is 50.6 Å². The fourth-order valence-corrected chi connectivity index (χ4v) is 4.05. The van der Waals surface area contributed by atoms with Gasteiger partial charge in [0.15, 0.2) is 11.5 Å². The van der Waals surface area contributed by atoms with Crippen molar-refractivity contribution in [3.05, 3.63) is 35.4 Å². The molecule has 1 aliphatic heterocycles. The molecule has 1 aliphatic carbocycles. The van der Waals surface area contributed by atoms with E-state index in [2.05, 4.69) is 30.2 Å². The van der Waals surface area contributed by atoms with Crippen LogP contribution in [0.25, 0.3) is 0 Å². The first kappa shape index (κ1) is 14.9. The molecule has 0 amide bonds. The Labute approximate surface area is 131 Å². The Morgan fingerprint density at radius 1 is 1.32 bits per heavy atom. The van der Waals surface area contributed by atoms with Crippen LogP contribution in [0.15, 0.2) is 24.3 Å². The van der Waals surface area contributed by atoms with Crippen molar-refractivity contribution in [2.75, 3.05) is 27.8 Å². The van der Waals surface area contributed by atoms with Gasteiger partial charge in [-0.1, -0.05) is 12.2 Å². The maximum absolute atomic E-state index is 9.47. The van der Waals surface area contributed by atoms with E-state index in [1.807, 2.05) is 12.1 Å². The summed E-state index contributed by atoms with van der Waals surface area (Å²) in [6, 6.07) is 6.75. The van der Waals surface area contributed by atoms with Crippen LogP contribution in [0.1, 0.15) is 30.4 Å². The Kier molecular flexibility index (Phi) is 3.84. The quantitative estimate of drug-likeness (QED) is 0.805. The van der Waals surface area contributed by atoms with Crippen LogP contribution in [0.3, 0.4) is 0 Å². The molecule has 1 unspecified atom stereocenters. The average Bonchev–Trinajstić information content (AvgIpc) is 2.92. The molecular weight excluding hydrogens is 276 g/mol. The number of likely N-dealkylation sites (tertiary alicyclic amines) is 1. The van der Waals surface area contributed by atoms with Gasteiger partial charge in [-0.25, -0.2) is 0 Å². The van der Waals surface area contributed by atoms with Gasteiger partial charge in [0.2, 0.25) is 0 Å². The van der Waals surface area contributed by atoms with Crippen molar-refractivity contribution in [2.24, 2.45) is 0 Å². The van der Waals surface area contributed by atoms with Crippen LogP contribution in [-0.2, 0) is 5.41 Å². The molecular formula is C18H22N2O2. The number of fused-ring (bicyclic) bond motifs is 1. The van der Waals surface area contributed by atoms with E-state index in [9.17, 15) is 5.26 Å². The second kappa shape index (κ2) is 5.66. The zero-order chi connectivity index (χ0) is 15.7. The lowest BCUT2D eigenvalue weighted by Crippen LogP contribution is -2.41. The molecule has 2 atom stereocenters. The highest BCUT2D eigenvalue weighted by Gasteiger charge is 2.46. The zero-order valence-electron chi connectivity index (χ0n) is 13.4. The van der Waals surface area contributed by atoms with Gasteiger partial charge in [-0.3, -0.25) is 0 Å². The van der Waals surface area contributed by atoms with Crippen LogP contribution in [0, 0.1) is 11.3 Å². The van der Waals surface area contributed by atoms with Crippen molar-refractivity contribution in [1.29, 1.82) is 5.26 Å². The summed E-state index contributed by atoms with van der Waals surface area (Å²) in [7, 11) is 5.39. The minimum Gasteiger partial charge on any atom is -0.493 e. The molecule has 3 rings (SSSR count). The van der Waals surface area contributed by atoms with Crippen molar-refractivity contribution < 1.29 is 9.47 Å². The van der Waals surface area contributed by atoms with Crippen LogP contribution < -0.4 is 9.47 Å². The van der Waals surface area contributed by atoms with E-state index < -0.39 is 0 Å². The highest BCUT2D eigenvalue weighted by Crippen LogP contribution is 2.47. The molecule has 0 saturated carbocycles. The van der Waals surface area contributed by atoms with Gasteiger partial charge < -0.3 is 14.4 Å². The van der Waals surface area contributed by atoms with Gasteiger partial charge in [0.1, 0.15) is 6.07 Å². The summed E-state index contributed by atoms with van der Waals surface area (Å²) >= 11 is 0. The Balaban J connectivity index is 2.17. The lowest BCUT2D eigenvalue weighted by atomic mass is 9.69. The smallest absolute Gasteiger partial charge is 0.178 e. The average molecular weight is 298 g/mol. The Morgan fingerprint density at radius 2 is 2.14 bits per heavy atom. The third-order valence-electron chi connectivity index (χ3n) is 5.16. The molecule has 116 valence electrons. The number of hydrogen-bond donors (Lipinski definition) is 0. The predicted octanol–water partition coefficient (Wildman–Crippen LogP) is 2.87. The number of nitrogens with zero attached hydrogens (tertiary/aromatic N) is 2. The monoisotopic (exact) mass is 298 g/mol. The molecule has 4 nitrogen and oxygen atoms in total. The SMILES string of the molecule is COc1cc([C@@]23C=CCCC2N(C)CC3)cc(C#N)c1OC. The molecule has 0 radical (unpaired) electrons. The molecule has 4 heteroatoms. The maximum atomic E-state index is 9.47. The fourth-order valence-electron chi connectivity index (χ4n) is 4.05.